The maximum Gasteiger partial charge on any atom is 0.270 e. The number of pyridine rings is 1. The normalized spacial score (nSPS) is 12.1. The van der Waals surface area contributed by atoms with Crippen molar-refractivity contribution >= 4 is 28.4 Å². The van der Waals surface area contributed by atoms with Gasteiger partial charge in [0, 0.05) is 10.4 Å². The van der Waals surface area contributed by atoms with E-state index in [-0.39, 0.29) is 11.9 Å². The summed E-state index contributed by atoms with van der Waals surface area (Å²) in [6, 6.07) is 18.7. The molecule has 0 bridgehead atoms. The van der Waals surface area contributed by atoms with E-state index in [1.54, 1.807) is 6.07 Å². The Labute approximate surface area is 133 Å². The topological polar surface area (TPSA) is 42.0 Å². The quantitative estimate of drug-likeness (QED) is 0.780. The van der Waals surface area contributed by atoms with Gasteiger partial charge in [-0.2, -0.15) is 0 Å². The predicted molar refractivity (Wildman–Crippen MR) is 89.1 cm³/mol. The number of halogens is 1. The van der Waals surface area contributed by atoms with E-state index in [0.717, 1.165) is 16.5 Å². The summed E-state index contributed by atoms with van der Waals surface area (Å²) in [5.74, 6) is -0.196. The number of amides is 1. The van der Waals surface area contributed by atoms with Crippen molar-refractivity contribution in [3.63, 3.8) is 0 Å². The van der Waals surface area contributed by atoms with Crippen LogP contribution in [0.4, 0.5) is 0 Å². The highest BCUT2D eigenvalue weighted by Crippen LogP contribution is 2.18. The Morgan fingerprint density at radius 3 is 2.73 bits per heavy atom. The van der Waals surface area contributed by atoms with Crippen LogP contribution in [0.15, 0.2) is 60.7 Å². The molecule has 1 amide bonds. The summed E-state index contributed by atoms with van der Waals surface area (Å²) in [5, 5.41) is 4.62. The highest BCUT2D eigenvalue weighted by atomic mass is 35.5. The summed E-state index contributed by atoms with van der Waals surface area (Å²) in [7, 11) is 0. The fourth-order valence-electron chi connectivity index (χ4n) is 2.32. The van der Waals surface area contributed by atoms with E-state index >= 15 is 0 Å². The van der Waals surface area contributed by atoms with Crippen molar-refractivity contribution in [1.29, 1.82) is 0 Å². The Balaban J connectivity index is 1.80. The van der Waals surface area contributed by atoms with E-state index in [1.807, 2.05) is 61.5 Å². The van der Waals surface area contributed by atoms with Crippen LogP contribution in [0.5, 0.6) is 0 Å². The monoisotopic (exact) mass is 310 g/mol. The molecule has 1 heterocycles. The molecule has 0 radical (unpaired) electrons. The largest absolute Gasteiger partial charge is 0.344 e. The molecule has 2 aromatic carbocycles. The van der Waals surface area contributed by atoms with E-state index in [0.29, 0.717) is 10.7 Å². The smallest absolute Gasteiger partial charge is 0.270 e. The first-order valence-corrected chi connectivity index (χ1v) is 7.43. The number of rotatable bonds is 3. The summed E-state index contributed by atoms with van der Waals surface area (Å²) in [5.41, 5.74) is 2.18. The number of hydrogen-bond acceptors (Lipinski definition) is 2. The molecule has 0 unspecified atom stereocenters. The Kier molecular flexibility index (Phi) is 4.07. The van der Waals surface area contributed by atoms with Gasteiger partial charge in [0.1, 0.15) is 5.69 Å². The molecule has 0 spiro atoms. The molecule has 0 aliphatic carbocycles. The van der Waals surface area contributed by atoms with Crippen LogP contribution < -0.4 is 5.32 Å². The molecule has 1 aromatic heterocycles. The molecule has 0 saturated carbocycles. The average molecular weight is 311 g/mol. The van der Waals surface area contributed by atoms with Gasteiger partial charge in [0.25, 0.3) is 5.91 Å². The van der Waals surface area contributed by atoms with Crippen LogP contribution in [0, 0.1) is 0 Å². The number of fused-ring (bicyclic) bond motifs is 1. The first-order valence-electron chi connectivity index (χ1n) is 7.05. The van der Waals surface area contributed by atoms with E-state index in [2.05, 4.69) is 10.3 Å². The zero-order valence-electron chi connectivity index (χ0n) is 12.1. The van der Waals surface area contributed by atoms with Crippen molar-refractivity contribution in [3.05, 3.63) is 76.9 Å². The molecular formula is C18H15ClN2O. The molecule has 22 heavy (non-hydrogen) atoms. The van der Waals surface area contributed by atoms with E-state index in [4.69, 9.17) is 11.6 Å². The zero-order chi connectivity index (χ0) is 15.5. The van der Waals surface area contributed by atoms with Gasteiger partial charge in [0.05, 0.1) is 11.6 Å². The minimum absolute atomic E-state index is 0.139. The number of carbonyl (C=O) groups excluding carboxylic acids is 1. The number of benzene rings is 2. The van der Waals surface area contributed by atoms with Crippen molar-refractivity contribution in [2.45, 2.75) is 13.0 Å². The van der Waals surface area contributed by atoms with Gasteiger partial charge in [0.2, 0.25) is 0 Å². The van der Waals surface area contributed by atoms with Gasteiger partial charge in [-0.25, -0.2) is 4.98 Å². The van der Waals surface area contributed by atoms with Crippen LogP contribution >= 0.6 is 11.6 Å². The number of carbonyl (C=O) groups is 1. The molecule has 0 aliphatic rings. The summed E-state index contributed by atoms with van der Waals surface area (Å²) in [4.78, 5) is 16.8. The van der Waals surface area contributed by atoms with Crippen molar-refractivity contribution in [1.82, 2.24) is 10.3 Å². The summed E-state index contributed by atoms with van der Waals surface area (Å²) in [6.45, 7) is 1.92. The standard InChI is InChI=1S/C18H15ClN2O/c1-12(14-6-4-7-15(19)11-14)20-18(22)17-10-9-13-5-2-3-8-16(13)21-17/h2-12H,1H3,(H,20,22)/t12-/m0/s1. The highest BCUT2D eigenvalue weighted by Gasteiger charge is 2.13. The van der Waals surface area contributed by atoms with Crippen LogP contribution in [-0.2, 0) is 0 Å². The number of nitrogens with one attached hydrogen (secondary N) is 1. The number of aromatic nitrogens is 1. The lowest BCUT2D eigenvalue weighted by Crippen LogP contribution is -2.27. The van der Waals surface area contributed by atoms with Gasteiger partial charge in [-0.1, -0.05) is 48.0 Å². The molecule has 1 N–H and O–H groups in total. The van der Waals surface area contributed by atoms with E-state index in [1.165, 1.54) is 0 Å². The minimum Gasteiger partial charge on any atom is -0.344 e. The molecule has 4 heteroatoms. The van der Waals surface area contributed by atoms with E-state index < -0.39 is 0 Å². The minimum atomic E-state index is -0.196. The average Bonchev–Trinajstić information content (AvgIpc) is 2.54. The van der Waals surface area contributed by atoms with Crippen molar-refractivity contribution in [2.75, 3.05) is 0 Å². The van der Waals surface area contributed by atoms with Crippen LogP contribution in [0.2, 0.25) is 5.02 Å². The van der Waals surface area contributed by atoms with Crippen LogP contribution in [0.25, 0.3) is 10.9 Å². The Hall–Kier alpha value is -2.39. The summed E-state index contributed by atoms with van der Waals surface area (Å²) < 4.78 is 0. The summed E-state index contributed by atoms with van der Waals surface area (Å²) in [6.07, 6.45) is 0. The zero-order valence-corrected chi connectivity index (χ0v) is 12.8. The molecule has 110 valence electrons. The van der Waals surface area contributed by atoms with Gasteiger partial charge >= 0.3 is 0 Å². The fraction of sp³-hybridized carbons (Fsp3) is 0.111. The lowest BCUT2D eigenvalue weighted by molar-refractivity contribution is 0.0935. The third-order valence-corrected chi connectivity index (χ3v) is 3.76. The Bertz CT molecular complexity index is 832. The first kappa shape index (κ1) is 14.5. The molecule has 0 saturated heterocycles. The highest BCUT2D eigenvalue weighted by molar-refractivity contribution is 6.30. The van der Waals surface area contributed by atoms with E-state index in [9.17, 15) is 4.79 Å². The number of nitrogens with zero attached hydrogens (tertiary/aromatic N) is 1. The Morgan fingerprint density at radius 1 is 1.09 bits per heavy atom. The predicted octanol–water partition coefficient (Wildman–Crippen LogP) is 4.38. The van der Waals surface area contributed by atoms with Gasteiger partial charge < -0.3 is 5.32 Å². The van der Waals surface area contributed by atoms with Gasteiger partial charge in [-0.05, 0) is 36.8 Å². The third-order valence-electron chi connectivity index (χ3n) is 3.53. The Morgan fingerprint density at radius 2 is 1.91 bits per heavy atom. The van der Waals surface area contributed by atoms with Crippen LogP contribution in [0.3, 0.4) is 0 Å². The molecular weight excluding hydrogens is 296 g/mol. The molecule has 1 atom stereocenters. The molecule has 3 nitrogen and oxygen atoms in total. The van der Waals surface area contributed by atoms with Gasteiger partial charge in [-0.15, -0.1) is 0 Å². The summed E-state index contributed by atoms with van der Waals surface area (Å²) >= 11 is 5.98. The number of para-hydroxylation sites is 1. The van der Waals surface area contributed by atoms with Crippen molar-refractivity contribution < 1.29 is 4.79 Å². The maximum absolute atomic E-state index is 12.4. The third kappa shape index (κ3) is 3.10. The second-order valence-electron chi connectivity index (χ2n) is 5.14. The molecule has 0 aliphatic heterocycles. The second kappa shape index (κ2) is 6.16. The fourth-order valence-corrected chi connectivity index (χ4v) is 2.52. The number of hydrogen-bond donors (Lipinski definition) is 1. The first-order chi connectivity index (χ1) is 10.6. The van der Waals surface area contributed by atoms with Crippen molar-refractivity contribution in [3.8, 4) is 0 Å². The lowest BCUT2D eigenvalue weighted by Gasteiger charge is -2.14. The second-order valence-corrected chi connectivity index (χ2v) is 5.58. The molecule has 0 fully saturated rings. The van der Waals surface area contributed by atoms with Crippen molar-refractivity contribution in [2.24, 2.45) is 0 Å². The SMILES string of the molecule is C[C@H](NC(=O)c1ccc2ccccc2n1)c1cccc(Cl)c1. The van der Waals surface area contributed by atoms with Gasteiger partial charge in [-0.3, -0.25) is 4.79 Å². The maximum atomic E-state index is 12.4. The lowest BCUT2D eigenvalue weighted by atomic mass is 10.1. The van der Waals surface area contributed by atoms with Gasteiger partial charge in [0.15, 0.2) is 0 Å². The molecule has 3 rings (SSSR count). The van der Waals surface area contributed by atoms with Crippen LogP contribution in [0.1, 0.15) is 29.0 Å². The molecule has 3 aromatic rings. The van der Waals surface area contributed by atoms with Crippen LogP contribution in [-0.4, -0.2) is 10.9 Å².